The third kappa shape index (κ3) is 6.27. The first-order valence-electron chi connectivity index (χ1n) is 15.8. The van der Waals surface area contributed by atoms with Gasteiger partial charge in [-0.25, -0.2) is 22.9 Å². The second-order valence-corrected chi connectivity index (χ2v) is 14.2. The van der Waals surface area contributed by atoms with Crippen molar-refractivity contribution in [3.8, 4) is 0 Å². The maximum Gasteiger partial charge on any atom is 0.504 e. The van der Waals surface area contributed by atoms with E-state index in [-0.39, 0.29) is 52.1 Å². The van der Waals surface area contributed by atoms with E-state index < -0.39 is 69.9 Å². The van der Waals surface area contributed by atoms with Gasteiger partial charge < -0.3 is 10.1 Å². The first-order valence-corrected chi connectivity index (χ1v) is 16.1. The summed E-state index contributed by atoms with van der Waals surface area (Å²) in [5.41, 5.74) is -3.42. The van der Waals surface area contributed by atoms with Crippen molar-refractivity contribution >= 4 is 41.0 Å². The molecule has 3 aliphatic rings. The molecular weight excluding hydrogens is 694 g/mol. The van der Waals surface area contributed by atoms with E-state index in [2.05, 4.69) is 10.4 Å². The zero-order valence-electron chi connectivity index (χ0n) is 27.4. The Bertz CT molecular complexity index is 1870. The minimum absolute atomic E-state index is 0.0545. The van der Waals surface area contributed by atoms with Crippen LogP contribution >= 0.6 is 11.6 Å². The van der Waals surface area contributed by atoms with Gasteiger partial charge in [-0.05, 0) is 58.7 Å². The number of imide groups is 1. The zero-order chi connectivity index (χ0) is 36.5. The van der Waals surface area contributed by atoms with E-state index in [1.165, 1.54) is 37.3 Å². The van der Waals surface area contributed by atoms with E-state index in [0.29, 0.717) is 30.8 Å². The van der Waals surface area contributed by atoms with Crippen LogP contribution in [0, 0.1) is 17.5 Å². The van der Waals surface area contributed by atoms with Gasteiger partial charge >= 0.3 is 12.4 Å². The summed E-state index contributed by atoms with van der Waals surface area (Å²) in [4.78, 5) is 43.1. The van der Waals surface area contributed by atoms with E-state index in [1.807, 2.05) is 4.90 Å². The number of alkyl halides is 3. The number of halogens is 7. The fraction of sp³-hybridized carbons (Fsp3) is 0.455. The van der Waals surface area contributed by atoms with Crippen molar-refractivity contribution in [2.75, 3.05) is 36.4 Å². The standard InChI is InChI=1S/C33H33ClF6N6O4/c1-31(2,3)50-30(49)44-12-6-9-23(29(44)48)43-13-17(14-43)41-22-11-10-18-24(26(22)37)32(4,19-7-5-8-20(34)25(19)36)16-45(28(18)47)27-21(35)15-46(42-27)33(38,39)40/h5,7-8,10-11,15,17,23,41H,6,9,12-14,16H2,1-4H3. The molecule has 2 atom stereocenters. The molecule has 0 spiro atoms. The van der Waals surface area contributed by atoms with Crippen molar-refractivity contribution < 1.29 is 45.5 Å². The molecule has 0 saturated carbocycles. The number of carbonyl (C=O) groups is 3. The number of nitrogens with one attached hydrogen (secondary N) is 1. The lowest BCUT2D eigenvalue weighted by atomic mass is 9.70. The fourth-order valence-electron chi connectivity index (χ4n) is 6.77. The monoisotopic (exact) mass is 726 g/mol. The van der Waals surface area contributed by atoms with E-state index in [9.17, 15) is 31.9 Å². The van der Waals surface area contributed by atoms with Crippen LogP contribution in [-0.2, 0) is 21.2 Å². The molecule has 2 unspecified atom stereocenters. The Balaban J connectivity index is 1.29. The van der Waals surface area contributed by atoms with Crippen molar-refractivity contribution in [1.82, 2.24) is 19.6 Å². The summed E-state index contributed by atoms with van der Waals surface area (Å²) < 4.78 is 92.1. The molecule has 0 bridgehead atoms. The van der Waals surface area contributed by atoms with Gasteiger partial charge in [0.1, 0.15) is 11.4 Å². The Kier molecular flexibility index (Phi) is 8.86. The number of carbonyl (C=O) groups excluding carboxylic acids is 3. The van der Waals surface area contributed by atoms with Crippen molar-refractivity contribution in [3.05, 3.63) is 75.7 Å². The number of rotatable bonds is 5. The summed E-state index contributed by atoms with van der Waals surface area (Å²) in [6.07, 6.45) is -4.65. The van der Waals surface area contributed by atoms with Crippen molar-refractivity contribution in [1.29, 1.82) is 0 Å². The van der Waals surface area contributed by atoms with Crippen LogP contribution in [-0.4, -0.2) is 81.4 Å². The molecule has 17 heteroatoms. The number of piperidine rings is 1. The Labute approximate surface area is 287 Å². The summed E-state index contributed by atoms with van der Waals surface area (Å²) in [6, 6.07) is 5.49. The normalized spacial score (nSPS) is 22.0. The van der Waals surface area contributed by atoms with Gasteiger partial charge in [0.15, 0.2) is 17.5 Å². The molecule has 3 aromatic rings. The maximum absolute atomic E-state index is 16.7. The van der Waals surface area contributed by atoms with Gasteiger partial charge in [-0.3, -0.25) is 19.4 Å². The molecule has 3 aliphatic heterocycles. The molecule has 2 aromatic carbocycles. The Morgan fingerprint density at radius 2 is 1.76 bits per heavy atom. The minimum atomic E-state index is -5.09. The lowest BCUT2D eigenvalue weighted by Crippen LogP contribution is -2.64. The zero-order valence-corrected chi connectivity index (χ0v) is 28.1. The van der Waals surface area contributed by atoms with Gasteiger partial charge in [0, 0.05) is 48.3 Å². The second-order valence-electron chi connectivity index (χ2n) is 13.8. The topological polar surface area (TPSA) is 100 Å². The average molecular weight is 727 g/mol. The quantitative estimate of drug-likeness (QED) is 0.303. The minimum Gasteiger partial charge on any atom is -0.443 e. The van der Waals surface area contributed by atoms with Crippen LogP contribution in [0.5, 0.6) is 0 Å². The first-order chi connectivity index (χ1) is 23.3. The van der Waals surface area contributed by atoms with E-state index >= 15 is 8.78 Å². The SMILES string of the molecule is CC(C)(C)OC(=O)N1CCCC(N2CC(Nc3ccc4c(c3F)C(C)(c3cccc(Cl)c3F)CN(c3nn(C(F)(F)F)cc3F)C4=O)C2)C1=O. The number of aromatic nitrogens is 2. The summed E-state index contributed by atoms with van der Waals surface area (Å²) in [6.45, 7) is 6.66. The highest BCUT2D eigenvalue weighted by atomic mass is 35.5. The smallest absolute Gasteiger partial charge is 0.443 e. The fourth-order valence-corrected chi connectivity index (χ4v) is 6.94. The van der Waals surface area contributed by atoms with Gasteiger partial charge in [0.05, 0.1) is 29.0 Å². The van der Waals surface area contributed by atoms with Crippen LogP contribution in [0.3, 0.4) is 0 Å². The third-order valence-electron chi connectivity index (χ3n) is 9.09. The molecule has 2 saturated heterocycles. The van der Waals surface area contributed by atoms with E-state index in [1.54, 1.807) is 20.8 Å². The summed E-state index contributed by atoms with van der Waals surface area (Å²) in [5.74, 6) is -5.75. The summed E-state index contributed by atoms with van der Waals surface area (Å²) in [5, 5.41) is 5.99. The van der Waals surface area contributed by atoms with Crippen LogP contribution in [0.15, 0.2) is 36.5 Å². The van der Waals surface area contributed by atoms with Crippen LogP contribution < -0.4 is 10.2 Å². The molecule has 268 valence electrons. The number of hydrogen-bond donors (Lipinski definition) is 1. The molecule has 10 nitrogen and oxygen atoms in total. The number of fused-ring (bicyclic) bond motifs is 1. The highest BCUT2D eigenvalue weighted by Crippen LogP contribution is 2.46. The highest BCUT2D eigenvalue weighted by Gasteiger charge is 2.48. The molecule has 50 heavy (non-hydrogen) atoms. The lowest BCUT2D eigenvalue weighted by Gasteiger charge is -2.47. The Morgan fingerprint density at radius 3 is 2.40 bits per heavy atom. The summed E-state index contributed by atoms with van der Waals surface area (Å²) in [7, 11) is 0. The number of hydrogen-bond acceptors (Lipinski definition) is 7. The largest absolute Gasteiger partial charge is 0.504 e. The number of likely N-dealkylation sites (tertiary alicyclic amines) is 2. The predicted molar refractivity (Wildman–Crippen MR) is 169 cm³/mol. The van der Waals surface area contributed by atoms with Crippen molar-refractivity contribution in [2.45, 2.75) is 69.9 Å². The van der Waals surface area contributed by atoms with Crippen LogP contribution in [0.4, 0.5) is 42.6 Å². The first kappa shape index (κ1) is 35.5. The van der Waals surface area contributed by atoms with Crippen LogP contribution in [0.2, 0.25) is 5.02 Å². The Hall–Kier alpha value is -4.31. The molecule has 1 aromatic heterocycles. The number of amides is 3. The van der Waals surface area contributed by atoms with Gasteiger partial charge in [-0.1, -0.05) is 23.7 Å². The number of benzene rings is 2. The van der Waals surface area contributed by atoms with E-state index in [0.717, 1.165) is 4.90 Å². The van der Waals surface area contributed by atoms with Gasteiger partial charge in [-0.15, -0.1) is 18.3 Å². The summed E-state index contributed by atoms with van der Waals surface area (Å²) >= 11 is 6.07. The molecule has 1 N–H and O–H groups in total. The molecule has 0 radical (unpaired) electrons. The number of nitrogens with zero attached hydrogens (tertiary/aromatic N) is 5. The van der Waals surface area contributed by atoms with Crippen molar-refractivity contribution in [2.24, 2.45) is 0 Å². The predicted octanol–water partition coefficient (Wildman–Crippen LogP) is 6.42. The highest BCUT2D eigenvalue weighted by molar-refractivity contribution is 6.30. The number of ether oxygens (including phenoxy) is 1. The lowest BCUT2D eigenvalue weighted by molar-refractivity contribution is -0.212. The average Bonchev–Trinajstić information content (AvgIpc) is 3.40. The maximum atomic E-state index is 16.7. The number of anilines is 2. The molecule has 6 rings (SSSR count). The van der Waals surface area contributed by atoms with E-state index in [4.69, 9.17) is 16.3 Å². The molecule has 4 heterocycles. The van der Waals surface area contributed by atoms with Crippen LogP contribution in [0.25, 0.3) is 0 Å². The Morgan fingerprint density at radius 1 is 1.06 bits per heavy atom. The third-order valence-corrected chi connectivity index (χ3v) is 9.38. The second kappa shape index (κ2) is 12.5. The molecule has 2 fully saturated rings. The van der Waals surface area contributed by atoms with Gasteiger partial charge in [0.25, 0.3) is 5.91 Å². The van der Waals surface area contributed by atoms with Crippen LogP contribution in [0.1, 0.15) is 62.0 Å². The molecular formula is C33H33ClF6N6O4. The van der Waals surface area contributed by atoms with Gasteiger partial charge in [0.2, 0.25) is 5.91 Å². The molecule has 0 aliphatic carbocycles. The van der Waals surface area contributed by atoms with Gasteiger partial charge in [-0.2, -0.15) is 4.68 Å². The van der Waals surface area contributed by atoms with Crippen molar-refractivity contribution in [3.63, 3.8) is 0 Å². The molecule has 3 amide bonds.